The van der Waals surface area contributed by atoms with E-state index in [0.29, 0.717) is 0 Å². The molecule has 6 nitrogen and oxygen atoms in total. The number of carboxylic acid groups (broad SMARTS) is 3. The van der Waals surface area contributed by atoms with E-state index in [1.54, 1.807) is 0 Å². The van der Waals surface area contributed by atoms with Gasteiger partial charge in [-0.05, 0) is 0 Å². The van der Waals surface area contributed by atoms with E-state index in [1.165, 1.54) is 0 Å². The van der Waals surface area contributed by atoms with Gasteiger partial charge < -0.3 is 15.3 Å². The fourth-order valence-electron chi connectivity index (χ4n) is 0. The molecule has 3 N–H and O–H groups in total. The molecule has 0 aromatic rings. The van der Waals surface area contributed by atoms with E-state index in [2.05, 4.69) is 0 Å². The third-order valence-corrected chi connectivity index (χ3v) is 0. The van der Waals surface area contributed by atoms with Crippen molar-refractivity contribution in [2.24, 2.45) is 0 Å². The number of aliphatic carboxylic acids is 3. The van der Waals surface area contributed by atoms with E-state index in [4.69, 9.17) is 29.7 Å². The van der Waals surface area contributed by atoms with E-state index >= 15 is 0 Å². The molecule has 7 heteroatoms. The van der Waals surface area contributed by atoms with Crippen molar-refractivity contribution in [3.05, 3.63) is 0 Å². The summed E-state index contributed by atoms with van der Waals surface area (Å²) in [6.45, 7) is 3.25. The van der Waals surface area contributed by atoms with Crippen molar-refractivity contribution in [2.45, 2.75) is 20.8 Å². The second kappa shape index (κ2) is 17.7. The summed E-state index contributed by atoms with van der Waals surface area (Å²) in [6.07, 6.45) is 0. The van der Waals surface area contributed by atoms with Crippen molar-refractivity contribution in [3.63, 3.8) is 0 Å². The molecule has 0 bridgehead atoms. The minimum atomic E-state index is -0.833. The van der Waals surface area contributed by atoms with Gasteiger partial charge in [-0.15, -0.1) is 0 Å². The van der Waals surface area contributed by atoms with Crippen molar-refractivity contribution in [1.29, 1.82) is 0 Å². The van der Waals surface area contributed by atoms with Crippen LogP contribution in [0.25, 0.3) is 0 Å². The van der Waals surface area contributed by atoms with Crippen molar-refractivity contribution in [3.8, 4) is 0 Å². The Morgan fingerprint density at radius 2 is 0.692 bits per heavy atom. The van der Waals surface area contributed by atoms with Gasteiger partial charge in [-0.1, -0.05) is 0 Å². The van der Waals surface area contributed by atoms with Gasteiger partial charge in [-0.2, -0.15) is 0 Å². The third-order valence-electron chi connectivity index (χ3n) is 0. The fraction of sp³-hybridized carbons (Fsp3) is 0.500. The van der Waals surface area contributed by atoms with Crippen molar-refractivity contribution in [1.82, 2.24) is 0 Å². The zero-order valence-electron chi connectivity index (χ0n) is 7.40. The second-order valence-corrected chi connectivity index (χ2v) is 1.56. The van der Waals surface area contributed by atoms with Gasteiger partial charge in [-0.25, -0.2) is 0 Å². The molecular formula is C6H12O6Tb. The molecule has 0 saturated heterocycles. The zero-order valence-corrected chi connectivity index (χ0v) is 9.54. The van der Waals surface area contributed by atoms with Crippen molar-refractivity contribution >= 4 is 17.9 Å². The van der Waals surface area contributed by atoms with E-state index in [0.717, 1.165) is 20.8 Å². The van der Waals surface area contributed by atoms with Crippen molar-refractivity contribution in [2.75, 3.05) is 0 Å². The Labute approximate surface area is 106 Å². The van der Waals surface area contributed by atoms with Crippen LogP contribution in [0.4, 0.5) is 0 Å². The Kier molecular flexibility index (Phi) is 31.3. The van der Waals surface area contributed by atoms with Gasteiger partial charge in [0.25, 0.3) is 17.9 Å². The average molecular weight is 339 g/mol. The van der Waals surface area contributed by atoms with E-state index in [1.807, 2.05) is 0 Å². The number of hydrogen-bond acceptors (Lipinski definition) is 3. The Morgan fingerprint density at radius 3 is 0.692 bits per heavy atom. The summed E-state index contributed by atoms with van der Waals surface area (Å²) in [7, 11) is 0. The molecule has 81 valence electrons. The molecule has 0 unspecified atom stereocenters. The van der Waals surface area contributed by atoms with Gasteiger partial charge in [0.1, 0.15) is 0 Å². The van der Waals surface area contributed by atoms with E-state index < -0.39 is 17.9 Å². The summed E-state index contributed by atoms with van der Waals surface area (Å²) >= 11 is 0. The molecule has 0 rings (SSSR count). The molecule has 0 aliphatic carbocycles. The van der Waals surface area contributed by atoms with Crippen LogP contribution in [0.2, 0.25) is 0 Å². The first-order chi connectivity index (χ1) is 5.20. The van der Waals surface area contributed by atoms with Crippen LogP contribution in [0.1, 0.15) is 20.8 Å². The summed E-state index contributed by atoms with van der Waals surface area (Å²) < 4.78 is 0. The van der Waals surface area contributed by atoms with Crippen LogP contribution in [0.5, 0.6) is 0 Å². The topological polar surface area (TPSA) is 112 Å². The molecule has 0 amide bonds. The molecule has 1 radical (unpaired) electrons. The monoisotopic (exact) mass is 339 g/mol. The predicted molar refractivity (Wildman–Crippen MR) is 39.9 cm³/mol. The Bertz CT molecular complexity index is 115. The Morgan fingerprint density at radius 1 is 0.692 bits per heavy atom. The molecule has 0 saturated carbocycles. The Hall–Kier alpha value is -0.304. The molecule has 0 aliphatic rings. The summed E-state index contributed by atoms with van der Waals surface area (Å²) in [6, 6.07) is 0. The van der Waals surface area contributed by atoms with Crippen LogP contribution < -0.4 is 0 Å². The fourth-order valence-corrected chi connectivity index (χ4v) is 0. The van der Waals surface area contributed by atoms with E-state index in [-0.39, 0.29) is 38.6 Å². The first-order valence-electron chi connectivity index (χ1n) is 2.78. The van der Waals surface area contributed by atoms with Crippen LogP contribution in [0, 0.1) is 38.6 Å². The van der Waals surface area contributed by atoms with Crippen molar-refractivity contribution < 1.29 is 68.3 Å². The number of hydrogen-bond donors (Lipinski definition) is 3. The maximum absolute atomic E-state index is 9.00. The van der Waals surface area contributed by atoms with Crippen LogP contribution in [0.15, 0.2) is 0 Å². The predicted octanol–water partition coefficient (Wildman–Crippen LogP) is 0.273. The largest absolute Gasteiger partial charge is 0.481 e. The van der Waals surface area contributed by atoms with Crippen LogP contribution >= 0.6 is 0 Å². The molecule has 0 aromatic heterocycles. The number of rotatable bonds is 0. The van der Waals surface area contributed by atoms with Crippen LogP contribution in [-0.2, 0) is 14.4 Å². The summed E-state index contributed by atoms with van der Waals surface area (Å²) in [5, 5.41) is 22.2. The maximum atomic E-state index is 9.00. The quantitative estimate of drug-likeness (QED) is 0.584. The summed E-state index contributed by atoms with van der Waals surface area (Å²) in [5.41, 5.74) is 0. The normalized spacial score (nSPS) is 5.77. The number of carboxylic acids is 3. The summed E-state index contributed by atoms with van der Waals surface area (Å²) in [5.74, 6) is -2.50. The molecule has 0 spiro atoms. The first-order valence-corrected chi connectivity index (χ1v) is 2.78. The first kappa shape index (κ1) is 23.0. The zero-order chi connectivity index (χ0) is 10.7. The molecule has 0 fully saturated rings. The molecule has 0 atom stereocenters. The van der Waals surface area contributed by atoms with Gasteiger partial charge in [0, 0.05) is 59.4 Å². The van der Waals surface area contributed by atoms with Gasteiger partial charge in [0.05, 0.1) is 0 Å². The van der Waals surface area contributed by atoms with Gasteiger partial charge in [0.15, 0.2) is 0 Å². The molecule has 0 heterocycles. The van der Waals surface area contributed by atoms with Gasteiger partial charge in [0.2, 0.25) is 0 Å². The molecule has 13 heavy (non-hydrogen) atoms. The smallest absolute Gasteiger partial charge is 0.300 e. The summed E-state index contributed by atoms with van der Waals surface area (Å²) in [4.78, 5) is 27.0. The molecule has 0 aromatic carbocycles. The minimum absolute atomic E-state index is 0. The SMILES string of the molecule is CC(=O)O.CC(=O)O.CC(=O)O.[Tb]. The van der Waals surface area contributed by atoms with Crippen LogP contribution in [0.3, 0.4) is 0 Å². The third kappa shape index (κ3) is 11900. The number of carbonyl (C=O) groups is 3. The molecule has 0 aliphatic heterocycles. The van der Waals surface area contributed by atoms with Gasteiger partial charge >= 0.3 is 0 Å². The second-order valence-electron chi connectivity index (χ2n) is 1.56. The van der Waals surface area contributed by atoms with Gasteiger partial charge in [-0.3, -0.25) is 14.4 Å². The maximum Gasteiger partial charge on any atom is 0.300 e. The Balaban J connectivity index is -0.0000000450. The minimum Gasteiger partial charge on any atom is -0.481 e. The standard InChI is InChI=1S/3C2H4O2.Tb/c3*1-2(3)4;/h3*1H3,(H,3,4);. The van der Waals surface area contributed by atoms with Crippen LogP contribution in [-0.4, -0.2) is 33.2 Å². The van der Waals surface area contributed by atoms with E-state index in [9.17, 15) is 0 Å². The molecular weight excluding hydrogens is 327 g/mol. The average Bonchev–Trinajstić information content (AvgIpc) is 1.54.